The van der Waals surface area contributed by atoms with Crippen LogP contribution in [0.5, 0.6) is 0 Å². The molecule has 3 nitrogen and oxygen atoms in total. The molecule has 13 heavy (non-hydrogen) atoms. The van der Waals surface area contributed by atoms with Crippen LogP contribution in [0.4, 0.5) is 4.39 Å². The highest BCUT2D eigenvalue weighted by Crippen LogP contribution is 2.21. The number of carbonyl (C=O) groups is 1. The van der Waals surface area contributed by atoms with Gasteiger partial charge in [0.2, 0.25) is 0 Å². The van der Waals surface area contributed by atoms with Crippen LogP contribution in [0, 0.1) is 5.82 Å². The van der Waals surface area contributed by atoms with Gasteiger partial charge in [0, 0.05) is 5.56 Å². The van der Waals surface area contributed by atoms with E-state index < -0.39 is 17.8 Å². The fraction of sp³-hybridized carbons (Fsp3) is 0.125. The number of benzene rings is 1. The van der Waals surface area contributed by atoms with Gasteiger partial charge in [0.25, 0.3) is 0 Å². The van der Waals surface area contributed by atoms with Crippen LogP contribution >= 0.6 is 11.6 Å². The van der Waals surface area contributed by atoms with Crippen molar-refractivity contribution in [3.8, 4) is 0 Å². The molecule has 0 aliphatic heterocycles. The van der Waals surface area contributed by atoms with Crippen LogP contribution in [0.1, 0.15) is 11.6 Å². The Kier molecular flexibility index (Phi) is 2.85. The van der Waals surface area contributed by atoms with Gasteiger partial charge in [-0.2, -0.15) is 0 Å². The molecule has 0 fully saturated rings. The van der Waals surface area contributed by atoms with E-state index in [0.717, 1.165) is 0 Å². The first-order valence-electron chi connectivity index (χ1n) is 3.46. The molecule has 0 unspecified atom stereocenters. The summed E-state index contributed by atoms with van der Waals surface area (Å²) in [5.41, 5.74) is 5.10. The highest BCUT2D eigenvalue weighted by atomic mass is 35.5. The van der Waals surface area contributed by atoms with Gasteiger partial charge < -0.3 is 10.8 Å². The molecule has 0 bridgehead atoms. The fourth-order valence-corrected chi connectivity index (χ4v) is 1.08. The predicted octanol–water partition coefficient (Wildman–Crippen LogP) is 1.56. The Morgan fingerprint density at radius 3 is 2.77 bits per heavy atom. The summed E-state index contributed by atoms with van der Waals surface area (Å²) in [4.78, 5) is 10.4. The third-order valence-electron chi connectivity index (χ3n) is 1.58. The largest absolute Gasteiger partial charge is 0.480 e. The number of aliphatic carboxylic acids is 1. The smallest absolute Gasteiger partial charge is 0.325 e. The summed E-state index contributed by atoms with van der Waals surface area (Å²) in [5.74, 6) is -2.07. The van der Waals surface area contributed by atoms with E-state index in [0.29, 0.717) is 0 Å². The molecule has 0 heterocycles. The first-order valence-corrected chi connectivity index (χ1v) is 3.84. The standard InChI is InChI=1S/C8H7ClFNO2/c9-5-3-1-2-4(6(5)10)7(11)8(12)13/h1-3,7H,11H2,(H,12,13)/t7-/m1/s1. The number of hydrogen-bond donors (Lipinski definition) is 2. The van der Waals surface area contributed by atoms with E-state index in [1.54, 1.807) is 0 Å². The van der Waals surface area contributed by atoms with E-state index in [2.05, 4.69) is 0 Å². The lowest BCUT2D eigenvalue weighted by atomic mass is 10.1. The second-order valence-electron chi connectivity index (χ2n) is 2.46. The molecule has 0 aliphatic rings. The molecule has 0 amide bonds. The van der Waals surface area contributed by atoms with Crippen molar-refractivity contribution >= 4 is 17.6 Å². The molecule has 0 spiro atoms. The second kappa shape index (κ2) is 3.72. The van der Waals surface area contributed by atoms with Crippen molar-refractivity contribution < 1.29 is 14.3 Å². The molecular weight excluding hydrogens is 197 g/mol. The summed E-state index contributed by atoms with van der Waals surface area (Å²) in [6.07, 6.45) is 0. The molecule has 0 saturated heterocycles. The highest BCUT2D eigenvalue weighted by molar-refractivity contribution is 6.30. The number of rotatable bonds is 2. The van der Waals surface area contributed by atoms with Gasteiger partial charge in [0.1, 0.15) is 11.9 Å². The zero-order valence-corrected chi connectivity index (χ0v) is 7.25. The number of hydrogen-bond acceptors (Lipinski definition) is 2. The van der Waals surface area contributed by atoms with Crippen molar-refractivity contribution in [2.75, 3.05) is 0 Å². The van der Waals surface area contributed by atoms with Crippen LogP contribution in [0.2, 0.25) is 5.02 Å². The zero-order valence-electron chi connectivity index (χ0n) is 6.50. The van der Waals surface area contributed by atoms with Gasteiger partial charge in [-0.25, -0.2) is 4.39 Å². The fourth-order valence-electron chi connectivity index (χ4n) is 0.894. The molecule has 1 rings (SSSR count). The Hall–Kier alpha value is -1.13. The van der Waals surface area contributed by atoms with Gasteiger partial charge in [-0.05, 0) is 6.07 Å². The summed E-state index contributed by atoms with van der Waals surface area (Å²) >= 11 is 5.44. The average Bonchev–Trinajstić information content (AvgIpc) is 2.08. The quantitative estimate of drug-likeness (QED) is 0.767. The molecule has 70 valence electrons. The van der Waals surface area contributed by atoms with Crippen molar-refractivity contribution in [1.29, 1.82) is 0 Å². The number of halogens is 2. The molecule has 0 aliphatic carbocycles. The first-order chi connectivity index (χ1) is 6.04. The highest BCUT2D eigenvalue weighted by Gasteiger charge is 2.19. The Balaban J connectivity index is 3.15. The lowest BCUT2D eigenvalue weighted by molar-refractivity contribution is -0.138. The second-order valence-corrected chi connectivity index (χ2v) is 2.87. The minimum absolute atomic E-state index is 0.111. The lowest BCUT2D eigenvalue weighted by Gasteiger charge is -2.08. The van der Waals surface area contributed by atoms with Crippen molar-refractivity contribution in [2.24, 2.45) is 5.73 Å². The van der Waals surface area contributed by atoms with E-state index in [4.69, 9.17) is 22.4 Å². The molecule has 1 atom stereocenters. The molecular formula is C8H7ClFNO2. The zero-order chi connectivity index (χ0) is 10.0. The van der Waals surface area contributed by atoms with E-state index in [1.165, 1.54) is 18.2 Å². The molecule has 0 aromatic heterocycles. The topological polar surface area (TPSA) is 63.3 Å². The van der Waals surface area contributed by atoms with Crippen molar-refractivity contribution in [2.45, 2.75) is 6.04 Å². The Morgan fingerprint density at radius 2 is 2.23 bits per heavy atom. The Morgan fingerprint density at radius 1 is 1.62 bits per heavy atom. The predicted molar refractivity (Wildman–Crippen MR) is 46.0 cm³/mol. The maximum absolute atomic E-state index is 13.1. The van der Waals surface area contributed by atoms with Gasteiger partial charge in [0.05, 0.1) is 5.02 Å². The first kappa shape index (κ1) is 9.95. The van der Waals surface area contributed by atoms with Crippen molar-refractivity contribution in [1.82, 2.24) is 0 Å². The van der Waals surface area contributed by atoms with Gasteiger partial charge in [-0.1, -0.05) is 23.7 Å². The third kappa shape index (κ3) is 1.96. The summed E-state index contributed by atoms with van der Waals surface area (Å²) in [5, 5.41) is 8.39. The van der Waals surface area contributed by atoms with E-state index in [9.17, 15) is 9.18 Å². The minimum Gasteiger partial charge on any atom is -0.480 e. The van der Waals surface area contributed by atoms with Crippen LogP contribution in [0.25, 0.3) is 0 Å². The molecule has 0 saturated carbocycles. The average molecular weight is 204 g/mol. The Labute approximate surface area is 78.9 Å². The van der Waals surface area contributed by atoms with Crippen molar-refractivity contribution in [3.05, 3.63) is 34.6 Å². The lowest BCUT2D eigenvalue weighted by Crippen LogP contribution is -2.21. The van der Waals surface area contributed by atoms with Crippen LogP contribution in [-0.2, 0) is 4.79 Å². The van der Waals surface area contributed by atoms with Gasteiger partial charge >= 0.3 is 5.97 Å². The SMILES string of the molecule is N[C@@H](C(=O)O)c1cccc(Cl)c1F. The van der Waals surface area contributed by atoms with Gasteiger partial charge in [-0.3, -0.25) is 4.79 Å². The summed E-state index contributed by atoms with van der Waals surface area (Å²) in [6.45, 7) is 0. The van der Waals surface area contributed by atoms with Crippen LogP contribution in [0.3, 0.4) is 0 Å². The van der Waals surface area contributed by atoms with E-state index in [1.807, 2.05) is 0 Å². The maximum Gasteiger partial charge on any atom is 0.325 e. The van der Waals surface area contributed by atoms with Crippen LogP contribution < -0.4 is 5.73 Å². The number of nitrogens with two attached hydrogens (primary N) is 1. The molecule has 1 aromatic rings. The van der Waals surface area contributed by atoms with Crippen molar-refractivity contribution in [3.63, 3.8) is 0 Å². The number of carboxylic acid groups (broad SMARTS) is 1. The van der Waals surface area contributed by atoms with Crippen LogP contribution in [0.15, 0.2) is 18.2 Å². The molecule has 5 heteroatoms. The van der Waals surface area contributed by atoms with Gasteiger partial charge in [0.15, 0.2) is 0 Å². The van der Waals surface area contributed by atoms with E-state index >= 15 is 0 Å². The summed E-state index contributed by atoms with van der Waals surface area (Å²) in [7, 11) is 0. The summed E-state index contributed by atoms with van der Waals surface area (Å²) in [6, 6.07) is 2.69. The third-order valence-corrected chi connectivity index (χ3v) is 1.87. The summed E-state index contributed by atoms with van der Waals surface area (Å²) < 4.78 is 13.1. The molecule has 1 aromatic carbocycles. The number of carboxylic acids is 1. The molecule has 0 radical (unpaired) electrons. The van der Waals surface area contributed by atoms with Gasteiger partial charge in [-0.15, -0.1) is 0 Å². The maximum atomic E-state index is 13.1. The molecule has 3 N–H and O–H groups in total. The van der Waals surface area contributed by atoms with Crippen LogP contribution in [-0.4, -0.2) is 11.1 Å². The minimum atomic E-state index is -1.38. The Bertz CT molecular complexity index is 343. The monoisotopic (exact) mass is 203 g/mol. The normalized spacial score (nSPS) is 12.5. The van der Waals surface area contributed by atoms with E-state index in [-0.39, 0.29) is 10.6 Å².